The summed E-state index contributed by atoms with van der Waals surface area (Å²) in [6, 6.07) is 9.56. The lowest BCUT2D eigenvalue weighted by Gasteiger charge is -2.20. The molecule has 3 rings (SSSR count). The van der Waals surface area contributed by atoms with Crippen LogP contribution in [-0.2, 0) is 6.54 Å². The highest BCUT2D eigenvalue weighted by Crippen LogP contribution is 2.20. The second-order valence-electron chi connectivity index (χ2n) is 6.12. The highest BCUT2D eigenvalue weighted by Gasteiger charge is 2.22. The van der Waals surface area contributed by atoms with Crippen molar-refractivity contribution in [2.45, 2.75) is 26.0 Å². The second-order valence-corrected chi connectivity index (χ2v) is 6.12. The number of aromatic nitrogens is 1. The first-order valence-corrected chi connectivity index (χ1v) is 8.73. The van der Waals surface area contributed by atoms with Crippen LogP contribution in [0, 0.1) is 5.82 Å². The van der Waals surface area contributed by atoms with E-state index in [0.717, 1.165) is 31.0 Å². The van der Waals surface area contributed by atoms with Gasteiger partial charge in [0.15, 0.2) is 5.96 Å². The minimum absolute atomic E-state index is 0. The monoisotopic (exact) mass is 486 g/mol. The van der Waals surface area contributed by atoms with Crippen LogP contribution in [0.4, 0.5) is 4.39 Å². The molecule has 0 amide bonds. The number of hydrogen-bond donors (Lipinski definition) is 2. The summed E-state index contributed by atoms with van der Waals surface area (Å²) in [6.07, 6.45) is 2.17. The molecule has 2 heterocycles. The van der Waals surface area contributed by atoms with Crippen molar-refractivity contribution in [2.24, 2.45) is 4.99 Å². The summed E-state index contributed by atoms with van der Waals surface area (Å²) in [6.45, 7) is 4.66. The van der Waals surface area contributed by atoms with E-state index in [-0.39, 0.29) is 35.9 Å². The number of guanidine groups is 1. The zero-order chi connectivity index (χ0) is 18.4. The van der Waals surface area contributed by atoms with Gasteiger partial charge in [-0.25, -0.2) is 14.4 Å². The molecular formula is C19H24FIN4O2. The van der Waals surface area contributed by atoms with Gasteiger partial charge in [0.2, 0.25) is 5.88 Å². The molecule has 8 heteroatoms. The first kappa shape index (κ1) is 21.4. The number of aliphatic hydroxyl groups excluding tert-OH is 1. The molecule has 1 aliphatic rings. The Hall–Kier alpha value is -1.94. The molecule has 1 aromatic heterocycles. The van der Waals surface area contributed by atoms with E-state index in [0.29, 0.717) is 24.7 Å². The minimum atomic E-state index is -0.351. The van der Waals surface area contributed by atoms with E-state index in [4.69, 9.17) is 4.74 Å². The predicted octanol–water partition coefficient (Wildman–Crippen LogP) is 3.16. The molecule has 0 bridgehead atoms. The molecule has 0 spiro atoms. The summed E-state index contributed by atoms with van der Waals surface area (Å²) in [7, 11) is 0. The first-order valence-electron chi connectivity index (χ1n) is 8.73. The van der Waals surface area contributed by atoms with Crippen molar-refractivity contribution in [1.82, 2.24) is 15.2 Å². The van der Waals surface area contributed by atoms with E-state index in [9.17, 15) is 9.50 Å². The Morgan fingerprint density at radius 1 is 1.41 bits per heavy atom. The van der Waals surface area contributed by atoms with Gasteiger partial charge < -0.3 is 20.1 Å². The van der Waals surface area contributed by atoms with Crippen molar-refractivity contribution in [3.63, 3.8) is 0 Å². The lowest BCUT2D eigenvalue weighted by Crippen LogP contribution is -2.40. The molecule has 1 aliphatic heterocycles. The van der Waals surface area contributed by atoms with Crippen molar-refractivity contribution in [3.8, 4) is 11.6 Å². The van der Waals surface area contributed by atoms with Crippen LogP contribution in [0.1, 0.15) is 18.9 Å². The Kier molecular flexibility index (Phi) is 8.23. The largest absolute Gasteiger partial charge is 0.439 e. The number of rotatable bonds is 5. The Morgan fingerprint density at radius 3 is 2.89 bits per heavy atom. The molecule has 0 aliphatic carbocycles. The van der Waals surface area contributed by atoms with Crippen LogP contribution in [0.25, 0.3) is 0 Å². The van der Waals surface area contributed by atoms with Crippen molar-refractivity contribution in [1.29, 1.82) is 0 Å². The molecule has 1 atom stereocenters. The lowest BCUT2D eigenvalue weighted by molar-refractivity contribution is 0.188. The van der Waals surface area contributed by atoms with Crippen LogP contribution in [0.15, 0.2) is 47.6 Å². The number of likely N-dealkylation sites (tertiary alicyclic amines) is 1. The van der Waals surface area contributed by atoms with Gasteiger partial charge in [-0.2, -0.15) is 0 Å². The van der Waals surface area contributed by atoms with E-state index >= 15 is 0 Å². The number of pyridine rings is 1. The molecular weight excluding hydrogens is 462 g/mol. The number of halogens is 2. The Balaban J connectivity index is 0.00000261. The van der Waals surface area contributed by atoms with Crippen LogP contribution >= 0.6 is 24.0 Å². The molecule has 1 saturated heterocycles. The van der Waals surface area contributed by atoms with Gasteiger partial charge in [0.25, 0.3) is 0 Å². The van der Waals surface area contributed by atoms with Crippen molar-refractivity contribution in [3.05, 3.63) is 54.0 Å². The third-order valence-corrected chi connectivity index (χ3v) is 4.03. The maximum Gasteiger partial charge on any atom is 0.219 e. The molecule has 0 radical (unpaired) electrons. The fourth-order valence-corrected chi connectivity index (χ4v) is 2.74. The summed E-state index contributed by atoms with van der Waals surface area (Å²) >= 11 is 0. The van der Waals surface area contributed by atoms with Gasteiger partial charge in [-0.05, 0) is 31.0 Å². The number of benzene rings is 1. The van der Waals surface area contributed by atoms with Gasteiger partial charge in [-0.3, -0.25) is 0 Å². The molecule has 6 nitrogen and oxygen atoms in total. The van der Waals surface area contributed by atoms with Gasteiger partial charge >= 0.3 is 0 Å². The molecule has 0 unspecified atom stereocenters. The van der Waals surface area contributed by atoms with Crippen LogP contribution in [0.5, 0.6) is 11.6 Å². The SMILES string of the molecule is CCNC(=NCc1ccc(Oc2cccc(F)c2)nc1)N1CC[C@@H](O)C1.I. The summed E-state index contributed by atoms with van der Waals surface area (Å²) in [5, 5.41) is 12.9. The van der Waals surface area contributed by atoms with E-state index in [1.807, 2.05) is 13.0 Å². The first-order chi connectivity index (χ1) is 12.6. The maximum absolute atomic E-state index is 13.2. The van der Waals surface area contributed by atoms with Gasteiger partial charge in [0, 0.05) is 38.0 Å². The standard InChI is InChI=1S/C19H23FN4O2.HI/c1-2-21-19(24-9-8-16(25)13-24)23-12-14-6-7-18(22-11-14)26-17-5-3-4-15(20)10-17;/h3-7,10-11,16,25H,2,8-9,12-13H2,1H3,(H,21,23);1H/t16-;/m1./s1. The van der Waals surface area contributed by atoms with Crippen LogP contribution in [0.3, 0.4) is 0 Å². The third kappa shape index (κ3) is 6.31. The zero-order valence-electron chi connectivity index (χ0n) is 15.1. The Labute approximate surface area is 175 Å². The van der Waals surface area contributed by atoms with E-state index in [2.05, 4.69) is 20.2 Å². The minimum Gasteiger partial charge on any atom is -0.439 e. The maximum atomic E-state index is 13.2. The average Bonchev–Trinajstić information content (AvgIpc) is 3.06. The van der Waals surface area contributed by atoms with Crippen molar-refractivity contribution in [2.75, 3.05) is 19.6 Å². The Morgan fingerprint density at radius 2 is 2.26 bits per heavy atom. The third-order valence-electron chi connectivity index (χ3n) is 4.03. The average molecular weight is 486 g/mol. The molecule has 0 saturated carbocycles. The van der Waals surface area contributed by atoms with Crippen molar-refractivity contribution >= 4 is 29.9 Å². The number of ether oxygens (including phenoxy) is 1. The van der Waals surface area contributed by atoms with Gasteiger partial charge in [0.05, 0.1) is 12.6 Å². The predicted molar refractivity (Wildman–Crippen MR) is 113 cm³/mol. The second kappa shape index (κ2) is 10.4. The number of aliphatic hydroxyl groups is 1. The van der Waals surface area contributed by atoms with Crippen LogP contribution in [-0.4, -0.2) is 46.7 Å². The number of nitrogens with one attached hydrogen (secondary N) is 1. The van der Waals surface area contributed by atoms with Gasteiger partial charge in [-0.1, -0.05) is 12.1 Å². The number of nitrogens with zero attached hydrogens (tertiary/aromatic N) is 3. The summed E-state index contributed by atoms with van der Waals surface area (Å²) in [5.41, 5.74) is 0.937. The van der Waals surface area contributed by atoms with Gasteiger partial charge in [-0.15, -0.1) is 24.0 Å². The number of β-amino-alcohol motifs (C(OH)–C–C–N with tert-alkyl or cyclic N) is 1. The molecule has 1 aromatic carbocycles. The van der Waals surface area contributed by atoms with Crippen molar-refractivity contribution < 1.29 is 14.2 Å². The van der Waals surface area contributed by atoms with E-state index in [1.54, 1.807) is 24.4 Å². The topological polar surface area (TPSA) is 70.0 Å². The zero-order valence-corrected chi connectivity index (χ0v) is 17.5. The molecule has 27 heavy (non-hydrogen) atoms. The molecule has 1 fully saturated rings. The quantitative estimate of drug-likeness (QED) is 0.386. The van der Waals surface area contributed by atoms with E-state index in [1.165, 1.54) is 12.1 Å². The normalized spacial score (nSPS) is 16.8. The summed E-state index contributed by atoms with van der Waals surface area (Å²) in [4.78, 5) is 10.9. The summed E-state index contributed by atoms with van der Waals surface area (Å²) in [5.74, 6) is 1.25. The Bertz CT molecular complexity index is 758. The number of hydrogen-bond acceptors (Lipinski definition) is 4. The van der Waals surface area contributed by atoms with E-state index < -0.39 is 0 Å². The summed E-state index contributed by atoms with van der Waals surface area (Å²) < 4.78 is 18.7. The molecule has 2 N–H and O–H groups in total. The van der Waals surface area contributed by atoms with Gasteiger partial charge in [0.1, 0.15) is 11.6 Å². The van der Waals surface area contributed by atoms with Crippen LogP contribution < -0.4 is 10.1 Å². The smallest absolute Gasteiger partial charge is 0.219 e. The molecule has 146 valence electrons. The fourth-order valence-electron chi connectivity index (χ4n) is 2.74. The lowest BCUT2D eigenvalue weighted by atomic mass is 10.3. The highest BCUT2D eigenvalue weighted by molar-refractivity contribution is 14.0. The number of aliphatic imine (C=N–C) groups is 1. The highest BCUT2D eigenvalue weighted by atomic mass is 127. The fraction of sp³-hybridized carbons (Fsp3) is 0.368. The molecule has 2 aromatic rings. The van der Waals surface area contributed by atoms with Crippen LogP contribution in [0.2, 0.25) is 0 Å².